The Labute approximate surface area is 88.1 Å². The summed E-state index contributed by atoms with van der Waals surface area (Å²) in [6.07, 6.45) is 0. The molecule has 1 aromatic carbocycles. The van der Waals surface area contributed by atoms with Crippen LogP contribution in [0.2, 0.25) is 0 Å². The van der Waals surface area contributed by atoms with Gasteiger partial charge in [-0.15, -0.1) is 0 Å². The molecular weight excluding hydrogens is 193 g/mol. The van der Waals surface area contributed by atoms with Crippen molar-refractivity contribution in [1.29, 1.82) is 0 Å². The van der Waals surface area contributed by atoms with Crippen LogP contribution < -0.4 is 0 Å². The smallest absolute Gasteiger partial charge is 0.200 e. The number of aromatic nitrogens is 1. The lowest BCUT2D eigenvalue weighted by Crippen LogP contribution is -2.10. The standard InChI is InChI=1S/C12H14FNO/c1-7-5-9-10(6-8(7)13)15-11(14-9)12(2,3)4/h5-6H,1-4H3. The van der Waals surface area contributed by atoms with E-state index in [0.29, 0.717) is 17.0 Å². The molecule has 0 amide bonds. The topological polar surface area (TPSA) is 26.0 Å². The molecule has 0 atom stereocenters. The van der Waals surface area contributed by atoms with Crippen molar-refractivity contribution in [2.75, 3.05) is 0 Å². The SMILES string of the molecule is Cc1cc2nc(C(C)(C)C)oc2cc1F. The highest BCUT2D eigenvalue weighted by Crippen LogP contribution is 2.27. The Bertz CT molecular complexity index is 469. The van der Waals surface area contributed by atoms with Gasteiger partial charge in [0.1, 0.15) is 11.3 Å². The van der Waals surface area contributed by atoms with Crippen molar-refractivity contribution in [3.63, 3.8) is 0 Å². The minimum absolute atomic E-state index is 0.149. The summed E-state index contributed by atoms with van der Waals surface area (Å²) in [6.45, 7) is 7.77. The Morgan fingerprint density at radius 1 is 1.27 bits per heavy atom. The van der Waals surface area contributed by atoms with Gasteiger partial charge < -0.3 is 4.42 Å². The van der Waals surface area contributed by atoms with Gasteiger partial charge in [-0.1, -0.05) is 20.8 Å². The summed E-state index contributed by atoms with van der Waals surface area (Å²) in [6, 6.07) is 3.11. The molecule has 0 saturated heterocycles. The third-order valence-electron chi connectivity index (χ3n) is 2.31. The number of benzene rings is 1. The Hall–Kier alpha value is -1.38. The van der Waals surface area contributed by atoms with Crippen LogP contribution in [-0.4, -0.2) is 4.98 Å². The number of rotatable bonds is 0. The number of oxazole rings is 1. The van der Waals surface area contributed by atoms with E-state index in [1.807, 2.05) is 20.8 Å². The highest BCUT2D eigenvalue weighted by atomic mass is 19.1. The first kappa shape index (κ1) is 10.1. The van der Waals surface area contributed by atoms with Crippen LogP contribution in [0.5, 0.6) is 0 Å². The van der Waals surface area contributed by atoms with Crippen LogP contribution in [0.25, 0.3) is 11.1 Å². The Morgan fingerprint density at radius 2 is 1.93 bits per heavy atom. The predicted molar refractivity (Wildman–Crippen MR) is 57.4 cm³/mol. The molecule has 1 heterocycles. The van der Waals surface area contributed by atoms with Crippen molar-refractivity contribution >= 4 is 11.1 Å². The molecule has 80 valence electrons. The predicted octanol–water partition coefficient (Wildman–Crippen LogP) is 3.57. The summed E-state index contributed by atoms with van der Waals surface area (Å²) in [5.74, 6) is 0.390. The van der Waals surface area contributed by atoms with Gasteiger partial charge in [-0.2, -0.15) is 0 Å². The van der Waals surface area contributed by atoms with Crippen molar-refractivity contribution < 1.29 is 8.81 Å². The molecule has 2 rings (SSSR count). The van der Waals surface area contributed by atoms with Crippen LogP contribution in [0.4, 0.5) is 4.39 Å². The van der Waals surface area contributed by atoms with Crippen LogP contribution in [-0.2, 0) is 5.41 Å². The first-order valence-electron chi connectivity index (χ1n) is 4.95. The second kappa shape index (κ2) is 3.05. The molecule has 2 nitrogen and oxygen atoms in total. The third kappa shape index (κ3) is 1.74. The van der Waals surface area contributed by atoms with Crippen molar-refractivity contribution in [2.24, 2.45) is 0 Å². The summed E-state index contributed by atoms with van der Waals surface area (Å²) in [5.41, 5.74) is 1.68. The van der Waals surface area contributed by atoms with Gasteiger partial charge in [0.2, 0.25) is 5.89 Å². The lowest BCUT2D eigenvalue weighted by molar-refractivity contribution is 0.410. The van der Waals surface area contributed by atoms with E-state index in [1.54, 1.807) is 13.0 Å². The van der Waals surface area contributed by atoms with E-state index in [0.717, 1.165) is 5.52 Å². The highest BCUT2D eigenvalue weighted by molar-refractivity contribution is 5.73. The van der Waals surface area contributed by atoms with Crippen molar-refractivity contribution in [1.82, 2.24) is 4.98 Å². The molecule has 0 spiro atoms. The number of hydrogen-bond acceptors (Lipinski definition) is 2. The molecule has 0 aliphatic heterocycles. The first-order valence-corrected chi connectivity index (χ1v) is 4.95. The zero-order valence-electron chi connectivity index (χ0n) is 9.39. The van der Waals surface area contributed by atoms with Crippen LogP contribution in [0.1, 0.15) is 32.2 Å². The van der Waals surface area contributed by atoms with Gasteiger partial charge in [-0.05, 0) is 18.6 Å². The van der Waals surface area contributed by atoms with Gasteiger partial charge in [-0.3, -0.25) is 0 Å². The quantitative estimate of drug-likeness (QED) is 0.660. The minimum Gasteiger partial charge on any atom is -0.440 e. The summed E-state index contributed by atoms with van der Waals surface area (Å²) < 4.78 is 18.8. The van der Waals surface area contributed by atoms with E-state index in [2.05, 4.69) is 4.98 Å². The normalized spacial score (nSPS) is 12.3. The third-order valence-corrected chi connectivity index (χ3v) is 2.31. The second-order valence-electron chi connectivity index (χ2n) is 4.84. The Morgan fingerprint density at radius 3 is 2.53 bits per heavy atom. The van der Waals surface area contributed by atoms with E-state index in [9.17, 15) is 4.39 Å². The molecule has 3 heteroatoms. The summed E-state index contributed by atoms with van der Waals surface area (Å²) in [4.78, 5) is 4.35. The molecule has 0 bridgehead atoms. The molecular formula is C12H14FNO. The van der Waals surface area contributed by atoms with Gasteiger partial charge in [0, 0.05) is 11.5 Å². The molecule has 0 radical (unpaired) electrons. The fourth-order valence-electron chi connectivity index (χ4n) is 1.37. The summed E-state index contributed by atoms with van der Waals surface area (Å²) in [7, 11) is 0. The highest BCUT2D eigenvalue weighted by Gasteiger charge is 2.21. The maximum Gasteiger partial charge on any atom is 0.200 e. The molecule has 0 N–H and O–H groups in total. The summed E-state index contributed by atoms with van der Waals surface area (Å²) in [5, 5.41) is 0. The largest absolute Gasteiger partial charge is 0.440 e. The zero-order valence-corrected chi connectivity index (χ0v) is 9.39. The number of halogens is 1. The Balaban J connectivity index is 2.66. The minimum atomic E-state index is -0.251. The summed E-state index contributed by atoms with van der Waals surface area (Å²) >= 11 is 0. The van der Waals surface area contributed by atoms with Crippen LogP contribution in [0, 0.1) is 12.7 Å². The number of nitrogens with zero attached hydrogens (tertiary/aromatic N) is 1. The average molecular weight is 207 g/mol. The molecule has 15 heavy (non-hydrogen) atoms. The number of fused-ring (bicyclic) bond motifs is 1. The first-order chi connectivity index (χ1) is 6.88. The van der Waals surface area contributed by atoms with Crippen molar-refractivity contribution in [3.05, 3.63) is 29.4 Å². The van der Waals surface area contributed by atoms with Crippen molar-refractivity contribution in [3.8, 4) is 0 Å². The molecule has 0 aliphatic carbocycles. The maximum absolute atomic E-state index is 13.3. The van der Waals surface area contributed by atoms with E-state index in [-0.39, 0.29) is 11.2 Å². The number of aryl methyl sites for hydroxylation is 1. The fraction of sp³-hybridized carbons (Fsp3) is 0.417. The molecule has 0 fully saturated rings. The van der Waals surface area contributed by atoms with Gasteiger partial charge >= 0.3 is 0 Å². The van der Waals surface area contributed by atoms with Crippen LogP contribution >= 0.6 is 0 Å². The van der Waals surface area contributed by atoms with Gasteiger partial charge in [0.15, 0.2) is 5.58 Å². The molecule has 0 aliphatic rings. The Kier molecular flexibility index (Phi) is 2.07. The van der Waals surface area contributed by atoms with Gasteiger partial charge in [0.25, 0.3) is 0 Å². The fourth-order valence-corrected chi connectivity index (χ4v) is 1.37. The molecule has 0 unspecified atom stereocenters. The van der Waals surface area contributed by atoms with Gasteiger partial charge in [0.05, 0.1) is 0 Å². The van der Waals surface area contributed by atoms with Crippen LogP contribution in [0.3, 0.4) is 0 Å². The van der Waals surface area contributed by atoms with Crippen molar-refractivity contribution in [2.45, 2.75) is 33.1 Å². The zero-order chi connectivity index (χ0) is 11.2. The molecule has 1 aromatic heterocycles. The van der Waals surface area contributed by atoms with E-state index >= 15 is 0 Å². The lowest BCUT2D eigenvalue weighted by Gasteiger charge is -2.11. The van der Waals surface area contributed by atoms with Crippen LogP contribution in [0.15, 0.2) is 16.5 Å². The monoisotopic (exact) mass is 207 g/mol. The number of hydrogen-bond donors (Lipinski definition) is 0. The average Bonchev–Trinajstić information content (AvgIpc) is 2.47. The van der Waals surface area contributed by atoms with E-state index in [1.165, 1.54) is 6.07 Å². The maximum atomic E-state index is 13.3. The van der Waals surface area contributed by atoms with Gasteiger partial charge in [-0.25, -0.2) is 9.37 Å². The molecule has 2 aromatic rings. The van der Waals surface area contributed by atoms with E-state index in [4.69, 9.17) is 4.42 Å². The second-order valence-corrected chi connectivity index (χ2v) is 4.84. The van der Waals surface area contributed by atoms with E-state index < -0.39 is 0 Å². The molecule has 0 saturated carbocycles. The lowest BCUT2D eigenvalue weighted by atomic mass is 9.97.